The summed E-state index contributed by atoms with van der Waals surface area (Å²) < 4.78 is 5.62. The molecular weight excluding hydrogens is 797 g/mol. The van der Waals surface area contributed by atoms with Crippen molar-refractivity contribution in [1.82, 2.24) is 0 Å². The Morgan fingerprint density at radius 3 is 1.08 bits per heavy atom. The molecule has 306 valence electrons. The van der Waals surface area contributed by atoms with E-state index in [0.717, 1.165) is 32.3 Å². The van der Waals surface area contributed by atoms with Crippen LogP contribution in [-0.4, -0.2) is 18.4 Å². The quantitative estimate of drug-likeness (QED) is 0.105. The first kappa shape index (κ1) is 37.1. The van der Waals surface area contributed by atoms with E-state index in [1.54, 1.807) is 18.2 Å². The average Bonchev–Trinajstić information content (AvgIpc) is 3.31. The highest BCUT2D eigenvalue weighted by atomic mass is 16.5. The summed E-state index contributed by atoms with van der Waals surface area (Å²) in [6.07, 6.45) is 0. The molecule has 13 aromatic carbocycles. The van der Waals surface area contributed by atoms with E-state index in [-0.39, 0.29) is 0 Å². The van der Waals surface area contributed by atoms with Gasteiger partial charge in [0.15, 0.2) is 0 Å². The zero-order valence-corrected chi connectivity index (χ0v) is 35.3. The van der Waals surface area contributed by atoms with E-state index in [1.807, 2.05) is 31.2 Å². The first-order valence-corrected chi connectivity index (χ1v) is 22.1. The summed E-state index contributed by atoms with van der Waals surface area (Å²) in [5.41, 5.74) is 1.01. The van der Waals surface area contributed by atoms with Gasteiger partial charge in [0.05, 0.1) is 12.3 Å². The maximum atomic E-state index is 13.2. The molecule has 0 aliphatic carbocycles. The molecule has 0 spiro atoms. The van der Waals surface area contributed by atoms with E-state index < -0.39 is 11.8 Å². The Kier molecular flexibility index (Phi) is 8.12. The van der Waals surface area contributed by atoms with Gasteiger partial charge in [-0.15, -0.1) is 0 Å². The number of fused-ring (bicyclic) bond motifs is 12. The summed E-state index contributed by atoms with van der Waals surface area (Å²) in [4.78, 5) is 26.2. The topological polar surface area (TPSA) is 67.4 Å². The molecule has 2 amide bonds. The second kappa shape index (κ2) is 14.2. The van der Waals surface area contributed by atoms with Gasteiger partial charge in [-0.2, -0.15) is 0 Å². The molecule has 0 radical (unpaired) electrons. The molecule has 0 fully saturated rings. The molecule has 13 rings (SSSR count). The van der Waals surface area contributed by atoms with E-state index in [4.69, 9.17) is 4.74 Å². The fourth-order valence-electron chi connectivity index (χ4n) is 10.1. The first-order valence-electron chi connectivity index (χ1n) is 22.1. The van der Waals surface area contributed by atoms with Crippen LogP contribution < -0.4 is 15.4 Å². The van der Waals surface area contributed by atoms with Crippen LogP contribution in [0.15, 0.2) is 188 Å². The van der Waals surface area contributed by atoms with Crippen LogP contribution in [0.5, 0.6) is 5.75 Å². The van der Waals surface area contributed by atoms with Crippen LogP contribution in [0, 0.1) is 0 Å². The van der Waals surface area contributed by atoms with Crippen molar-refractivity contribution in [3.05, 3.63) is 188 Å². The van der Waals surface area contributed by atoms with Gasteiger partial charge in [0.25, 0.3) is 0 Å². The molecule has 0 unspecified atom stereocenters. The van der Waals surface area contributed by atoms with E-state index in [1.165, 1.54) is 86.2 Å². The van der Waals surface area contributed by atoms with Crippen molar-refractivity contribution in [1.29, 1.82) is 0 Å². The molecule has 5 heteroatoms. The number of rotatable bonds is 4. The second-order valence-corrected chi connectivity index (χ2v) is 17.3. The third-order valence-electron chi connectivity index (χ3n) is 13.3. The van der Waals surface area contributed by atoms with Gasteiger partial charge in [0, 0.05) is 11.1 Å². The molecule has 0 aliphatic rings. The Hall–Kier alpha value is -8.54. The lowest BCUT2D eigenvalue weighted by molar-refractivity contribution is -0.132. The van der Waals surface area contributed by atoms with Gasteiger partial charge < -0.3 is 15.4 Å². The summed E-state index contributed by atoms with van der Waals surface area (Å²) >= 11 is 0. The minimum Gasteiger partial charge on any atom is -0.492 e. The molecule has 0 bridgehead atoms. The van der Waals surface area contributed by atoms with Crippen LogP contribution in [0.25, 0.3) is 118 Å². The highest BCUT2D eigenvalue weighted by Gasteiger charge is 2.18. The van der Waals surface area contributed by atoms with Gasteiger partial charge in [-0.3, -0.25) is 9.59 Å². The second-order valence-electron chi connectivity index (χ2n) is 17.3. The smallest absolute Gasteiger partial charge is 0.314 e. The fourth-order valence-corrected chi connectivity index (χ4v) is 10.1. The molecule has 2 N–H and O–H groups in total. The predicted octanol–water partition coefficient (Wildman–Crippen LogP) is 15.3. The third-order valence-corrected chi connectivity index (χ3v) is 13.3. The lowest BCUT2D eigenvalue weighted by Gasteiger charge is -2.13. The number of anilines is 2. The minimum absolute atomic E-state index is 0.439. The van der Waals surface area contributed by atoms with Crippen molar-refractivity contribution in [3.63, 3.8) is 0 Å². The van der Waals surface area contributed by atoms with Gasteiger partial charge in [-0.05, 0) is 247 Å². The maximum Gasteiger partial charge on any atom is 0.314 e. The van der Waals surface area contributed by atoms with E-state index >= 15 is 0 Å². The SMILES string of the molecule is CCOc1ccccc1NC(=O)C(=O)Nc1cccc2cc3cc4cc5cc6c(ccc7cc8cc9cc%10cc%11cc%12ccccc%12cc%11cc%10cc9cc8cc76)cc5cc4cc3cc12. The zero-order chi connectivity index (χ0) is 43.3. The summed E-state index contributed by atoms with van der Waals surface area (Å²) in [6, 6.07) is 67.3. The normalized spacial score (nSPS) is 12.0. The van der Waals surface area contributed by atoms with Crippen molar-refractivity contribution in [2.45, 2.75) is 6.92 Å². The molecule has 0 atom stereocenters. The van der Waals surface area contributed by atoms with Gasteiger partial charge in [-0.25, -0.2) is 0 Å². The molecule has 13 aromatic rings. The average molecular weight is 835 g/mol. The number of hydrogen-bond donors (Lipinski definition) is 2. The molecule has 0 saturated carbocycles. The Labute approximate surface area is 372 Å². The van der Waals surface area contributed by atoms with Crippen LogP contribution in [0.3, 0.4) is 0 Å². The van der Waals surface area contributed by atoms with Gasteiger partial charge in [0.1, 0.15) is 5.75 Å². The van der Waals surface area contributed by atoms with E-state index in [0.29, 0.717) is 23.7 Å². The number of ether oxygens (including phenoxy) is 1. The number of benzene rings is 13. The summed E-state index contributed by atoms with van der Waals surface area (Å²) in [5.74, 6) is -1.02. The summed E-state index contributed by atoms with van der Waals surface area (Å²) in [7, 11) is 0. The van der Waals surface area contributed by atoms with Crippen LogP contribution in [0.4, 0.5) is 11.4 Å². The summed E-state index contributed by atoms with van der Waals surface area (Å²) in [6.45, 7) is 2.31. The third kappa shape index (κ3) is 6.23. The monoisotopic (exact) mass is 834 g/mol. The highest BCUT2D eigenvalue weighted by Crippen LogP contribution is 2.38. The Morgan fingerprint density at radius 2 is 0.631 bits per heavy atom. The lowest BCUT2D eigenvalue weighted by atomic mass is 9.92. The van der Waals surface area contributed by atoms with Crippen molar-refractivity contribution >= 4 is 142 Å². The van der Waals surface area contributed by atoms with E-state index in [9.17, 15) is 9.59 Å². The van der Waals surface area contributed by atoms with Crippen LogP contribution >= 0.6 is 0 Å². The first-order chi connectivity index (χ1) is 31.9. The number of carbonyl (C=O) groups excluding carboxylic acids is 2. The Bertz CT molecular complexity index is 4250. The van der Waals surface area contributed by atoms with Crippen molar-refractivity contribution in [2.24, 2.45) is 0 Å². The van der Waals surface area contributed by atoms with Crippen molar-refractivity contribution < 1.29 is 14.3 Å². The summed E-state index contributed by atoms with van der Waals surface area (Å²) in [5, 5.41) is 31.6. The minimum atomic E-state index is -0.771. The van der Waals surface area contributed by atoms with Crippen molar-refractivity contribution in [3.8, 4) is 5.75 Å². The largest absolute Gasteiger partial charge is 0.492 e. The number of amides is 2. The Balaban J connectivity index is 0.863. The highest BCUT2D eigenvalue weighted by molar-refractivity contribution is 6.44. The van der Waals surface area contributed by atoms with Gasteiger partial charge in [-0.1, -0.05) is 60.7 Å². The van der Waals surface area contributed by atoms with Crippen molar-refractivity contribution in [2.75, 3.05) is 17.2 Å². The molecular formula is C60H38N2O3. The predicted molar refractivity (Wildman–Crippen MR) is 274 cm³/mol. The molecule has 0 heterocycles. The van der Waals surface area contributed by atoms with Gasteiger partial charge >= 0.3 is 11.8 Å². The number of hydrogen-bond acceptors (Lipinski definition) is 3. The number of para-hydroxylation sites is 2. The van der Waals surface area contributed by atoms with Gasteiger partial charge in [0.2, 0.25) is 0 Å². The number of nitrogens with one attached hydrogen (secondary N) is 2. The Morgan fingerprint density at radius 1 is 0.323 bits per heavy atom. The molecule has 0 aliphatic heterocycles. The molecule has 5 nitrogen and oxygen atoms in total. The van der Waals surface area contributed by atoms with Crippen LogP contribution in [-0.2, 0) is 9.59 Å². The maximum absolute atomic E-state index is 13.2. The van der Waals surface area contributed by atoms with Crippen LogP contribution in [0.2, 0.25) is 0 Å². The lowest BCUT2D eigenvalue weighted by Crippen LogP contribution is -2.29. The zero-order valence-electron chi connectivity index (χ0n) is 35.3. The molecule has 0 saturated heterocycles. The molecule has 65 heavy (non-hydrogen) atoms. The standard InChI is InChI=1S/C60H38N2O3/c1-2-65-58-13-6-5-11-57(58)62-60(64)59(63)61-56-12-7-10-36-18-41-23-47-28-50-31-53-38(20-43(50)25-48(47)30-52(41)33-55(36)56)15-14-37-19-42-24-46-26-44-21-39-16-34-8-3-4-9-35(34)17-40(39)22-45(44)27-49(46)29-51(42)32-54(37)53/h3-33H,2H2,1H3,(H,61,63)(H,62,64). The van der Waals surface area contributed by atoms with Crippen LogP contribution in [0.1, 0.15) is 6.92 Å². The fraction of sp³-hybridized carbons (Fsp3) is 0.0333. The molecule has 0 aromatic heterocycles. The number of carbonyl (C=O) groups is 2. The van der Waals surface area contributed by atoms with E-state index in [2.05, 4.69) is 156 Å².